The first kappa shape index (κ1) is 13.8. The summed E-state index contributed by atoms with van der Waals surface area (Å²) in [6.45, 7) is 0.487. The lowest BCUT2D eigenvalue weighted by atomic mass is 10.3. The van der Waals surface area contributed by atoms with Crippen molar-refractivity contribution in [3.63, 3.8) is 0 Å². The largest absolute Gasteiger partial charge is 0.377 e. The molecule has 18 heavy (non-hydrogen) atoms. The third kappa shape index (κ3) is 2.86. The van der Waals surface area contributed by atoms with Gasteiger partial charge in [-0.05, 0) is 12.1 Å². The zero-order valence-electron chi connectivity index (χ0n) is 9.35. The lowest BCUT2D eigenvalue weighted by Gasteiger charge is -2.09. The number of halogens is 4. The van der Waals surface area contributed by atoms with Crippen molar-refractivity contribution in [1.82, 2.24) is 9.55 Å². The SMILES string of the molecule is Cn1c(Cl)cnc1CNc1cc(Cl)c(Cl)cc1Cl. The number of benzene rings is 1. The second kappa shape index (κ2) is 5.57. The van der Waals surface area contributed by atoms with Crippen molar-refractivity contribution in [3.05, 3.63) is 44.4 Å². The van der Waals surface area contributed by atoms with Crippen molar-refractivity contribution < 1.29 is 0 Å². The van der Waals surface area contributed by atoms with E-state index in [1.165, 1.54) is 0 Å². The molecule has 1 aromatic heterocycles. The summed E-state index contributed by atoms with van der Waals surface area (Å²) in [7, 11) is 1.84. The molecule has 0 fully saturated rings. The highest BCUT2D eigenvalue weighted by atomic mass is 35.5. The van der Waals surface area contributed by atoms with Gasteiger partial charge in [0.05, 0.1) is 33.5 Å². The Labute approximate surface area is 125 Å². The van der Waals surface area contributed by atoms with Gasteiger partial charge in [0.15, 0.2) is 0 Å². The molecule has 0 atom stereocenters. The fourth-order valence-electron chi connectivity index (χ4n) is 1.42. The number of aromatic nitrogens is 2. The molecule has 3 nitrogen and oxygen atoms in total. The van der Waals surface area contributed by atoms with E-state index >= 15 is 0 Å². The molecule has 0 bridgehead atoms. The van der Waals surface area contributed by atoms with Crippen molar-refractivity contribution in [3.8, 4) is 0 Å². The fourth-order valence-corrected chi connectivity index (χ4v) is 2.18. The smallest absolute Gasteiger partial charge is 0.128 e. The molecule has 0 aliphatic carbocycles. The van der Waals surface area contributed by atoms with Crippen molar-refractivity contribution in [1.29, 1.82) is 0 Å². The Bertz CT molecular complexity index is 580. The molecule has 0 unspecified atom stereocenters. The molecule has 0 spiro atoms. The summed E-state index contributed by atoms with van der Waals surface area (Å²) >= 11 is 23.7. The second-order valence-electron chi connectivity index (χ2n) is 3.66. The van der Waals surface area contributed by atoms with Crippen LogP contribution < -0.4 is 5.32 Å². The number of hydrogen-bond acceptors (Lipinski definition) is 2. The Hall–Kier alpha value is -0.610. The number of nitrogens with zero attached hydrogens (tertiary/aromatic N) is 2. The van der Waals surface area contributed by atoms with Gasteiger partial charge in [0.2, 0.25) is 0 Å². The first-order valence-corrected chi connectivity index (χ1v) is 6.54. The summed E-state index contributed by atoms with van der Waals surface area (Å²) in [4.78, 5) is 4.17. The molecule has 2 rings (SSSR count). The van der Waals surface area contributed by atoms with Gasteiger partial charge in [0, 0.05) is 7.05 Å². The van der Waals surface area contributed by atoms with E-state index in [1.807, 2.05) is 7.05 Å². The van der Waals surface area contributed by atoms with E-state index in [1.54, 1.807) is 22.9 Å². The molecule has 2 aromatic rings. The van der Waals surface area contributed by atoms with Gasteiger partial charge in [-0.2, -0.15) is 0 Å². The van der Waals surface area contributed by atoms with Crippen LogP contribution in [0.25, 0.3) is 0 Å². The van der Waals surface area contributed by atoms with Crippen molar-refractivity contribution >= 4 is 52.1 Å². The Kier molecular flexibility index (Phi) is 4.28. The van der Waals surface area contributed by atoms with E-state index in [-0.39, 0.29) is 0 Å². The fraction of sp³-hybridized carbons (Fsp3) is 0.182. The van der Waals surface area contributed by atoms with Gasteiger partial charge in [0.1, 0.15) is 11.0 Å². The molecule has 1 aromatic carbocycles. The molecule has 0 amide bonds. The molecule has 7 heteroatoms. The minimum Gasteiger partial charge on any atom is -0.377 e. The Morgan fingerprint density at radius 1 is 1.11 bits per heavy atom. The van der Waals surface area contributed by atoms with Crippen LogP contribution in [0.1, 0.15) is 5.82 Å². The van der Waals surface area contributed by atoms with Crippen LogP contribution in [0.4, 0.5) is 5.69 Å². The summed E-state index contributed by atoms with van der Waals surface area (Å²) in [6.07, 6.45) is 1.59. The zero-order chi connectivity index (χ0) is 13.3. The highest BCUT2D eigenvalue weighted by molar-refractivity contribution is 6.44. The summed E-state index contributed by atoms with van der Waals surface area (Å²) in [5.74, 6) is 0.794. The van der Waals surface area contributed by atoms with Gasteiger partial charge in [-0.25, -0.2) is 4.98 Å². The Morgan fingerprint density at radius 3 is 2.39 bits per heavy atom. The first-order chi connectivity index (χ1) is 8.49. The van der Waals surface area contributed by atoms with Crippen LogP contribution in [0.2, 0.25) is 20.2 Å². The van der Waals surface area contributed by atoms with E-state index < -0.39 is 0 Å². The monoisotopic (exact) mass is 323 g/mol. The number of anilines is 1. The Balaban J connectivity index is 2.16. The van der Waals surface area contributed by atoms with Gasteiger partial charge in [0.25, 0.3) is 0 Å². The standard InChI is InChI=1S/C11H9Cl4N3/c1-18-10(15)4-17-11(18)5-16-9-3-7(13)6(12)2-8(9)14/h2-4,16H,5H2,1H3. The van der Waals surface area contributed by atoms with Crippen molar-refractivity contribution in [2.24, 2.45) is 7.05 Å². The molecule has 0 saturated carbocycles. The van der Waals surface area contributed by atoms with E-state index in [0.29, 0.717) is 32.5 Å². The topological polar surface area (TPSA) is 29.9 Å². The summed E-state index contributed by atoms with van der Waals surface area (Å²) < 4.78 is 1.78. The number of hydrogen-bond donors (Lipinski definition) is 1. The van der Waals surface area contributed by atoms with Crippen LogP contribution in [-0.4, -0.2) is 9.55 Å². The first-order valence-electron chi connectivity index (χ1n) is 5.03. The van der Waals surface area contributed by atoms with E-state index in [0.717, 1.165) is 5.82 Å². The maximum atomic E-state index is 6.05. The molecule has 1 N–H and O–H groups in total. The van der Waals surface area contributed by atoms with Gasteiger partial charge in [-0.3, -0.25) is 0 Å². The minimum atomic E-state index is 0.423. The van der Waals surface area contributed by atoms with Crippen LogP contribution in [-0.2, 0) is 13.6 Å². The van der Waals surface area contributed by atoms with Crippen LogP contribution >= 0.6 is 46.4 Å². The molecule has 0 radical (unpaired) electrons. The van der Waals surface area contributed by atoms with Crippen LogP contribution in [0, 0.1) is 0 Å². The van der Waals surface area contributed by atoms with E-state index in [4.69, 9.17) is 46.4 Å². The molecule has 1 heterocycles. The third-order valence-corrected chi connectivity index (χ3v) is 3.86. The predicted octanol–water partition coefficient (Wildman–Crippen LogP) is 4.65. The molecule has 0 saturated heterocycles. The van der Waals surface area contributed by atoms with Crippen LogP contribution in [0.5, 0.6) is 0 Å². The summed E-state index contributed by atoms with van der Waals surface area (Å²) in [5, 5.41) is 5.08. The Morgan fingerprint density at radius 2 is 1.78 bits per heavy atom. The van der Waals surface area contributed by atoms with Crippen LogP contribution in [0.3, 0.4) is 0 Å². The van der Waals surface area contributed by atoms with E-state index in [9.17, 15) is 0 Å². The van der Waals surface area contributed by atoms with Crippen molar-refractivity contribution in [2.45, 2.75) is 6.54 Å². The number of nitrogens with one attached hydrogen (secondary N) is 1. The van der Waals surface area contributed by atoms with Gasteiger partial charge in [-0.15, -0.1) is 0 Å². The lowest BCUT2D eigenvalue weighted by molar-refractivity contribution is 0.813. The number of rotatable bonds is 3. The minimum absolute atomic E-state index is 0.423. The predicted molar refractivity (Wildman–Crippen MR) is 77.0 cm³/mol. The third-order valence-electron chi connectivity index (χ3n) is 2.47. The highest BCUT2D eigenvalue weighted by Gasteiger charge is 2.08. The molecular formula is C11H9Cl4N3. The summed E-state index contributed by atoms with van der Waals surface area (Å²) in [5.41, 5.74) is 0.699. The van der Waals surface area contributed by atoms with E-state index in [2.05, 4.69) is 10.3 Å². The molecule has 0 aliphatic rings. The van der Waals surface area contributed by atoms with Crippen molar-refractivity contribution in [2.75, 3.05) is 5.32 Å². The zero-order valence-corrected chi connectivity index (χ0v) is 12.4. The second-order valence-corrected chi connectivity index (χ2v) is 5.26. The highest BCUT2D eigenvalue weighted by Crippen LogP contribution is 2.32. The average Bonchev–Trinajstić information content (AvgIpc) is 2.63. The maximum absolute atomic E-state index is 6.05. The normalized spacial score (nSPS) is 10.7. The lowest BCUT2D eigenvalue weighted by Crippen LogP contribution is -2.06. The van der Waals surface area contributed by atoms with Gasteiger partial charge in [-0.1, -0.05) is 46.4 Å². The van der Waals surface area contributed by atoms with Gasteiger partial charge >= 0.3 is 0 Å². The van der Waals surface area contributed by atoms with Gasteiger partial charge < -0.3 is 9.88 Å². The summed E-state index contributed by atoms with van der Waals surface area (Å²) in [6, 6.07) is 3.27. The molecule has 96 valence electrons. The maximum Gasteiger partial charge on any atom is 0.128 e. The molecule has 0 aliphatic heterocycles. The average molecular weight is 325 g/mol. The molecular weight excluding hydrogens is 316 g/mol. The number of imidazole rings is 1. The van der Waals surface area contributed by atoms with Crippen LogP contribution in [0.15, 0.2) is 18.3 Å². The quantitative estimate of drug-likeness (QED) is 0.833.